The molecule has 7 nitrogen and oxygen atoms in total. The van der Waals surface area contributed by atoms with E-state index >= 15 is 0 Å². The maximum atomic E-state index is 13.0. The van der Waals surface area contributed by atoms with Gasteiger partial charge in [-0.25, -0.2) is 9.69 Å². The summed E-state index contributed by atoms with van der Waals surface area (Å²) in [5.74, 6) is -1.43. The number of carbonyl (C=O) groups excluding carboxylic acids is 3. The molecule has 1 aliphatic heterocycles. The lowest BCUT2D eigenvalue weighted by atomic mass is 10.2. The average Bonchev–Trinajstić information content (AvgIpc) is 2.93. The Kier molecular flexibility index (Phi) is 6.57. The highest BCUT2D eigenvalue weighted by Gasteiger charge is 2.39. The van der Waals surface area contributed by atoms with Gasteiger partial charge < -0.3 is 14.8 Å². The molecule has 1 N–H and O–H groups in total. The molecule has 0 radical (unpaired) electrons. The first-order valence-corrected chi connectivity index (χ1v) is 10.1. The third-order valence-corrected chi connectivity index (χ3v) is 5.23. The minimum atomic E-state index is -0.684. The highest BCUT2D eigenvalue weighted by molar-refractivity contribution is 6.53. The van der Waals surface area contributed by atoms with Crippen molar-refractivity contribution in [1.29, 1.82) is 0 Å². The zero-order valence-electron chi connectivity index (χ0n) is 17.3. The lowest BCUT2D eigenvalue weighted by Gasteiger charge is -2.17. The molecule has 0 saturated heterocycles. The molecule has 1 aliphatic rings. The fourth-order valence-corrected chi connectivity index (χ4v) is 3.31. The van der Waals surface area contributed by atoms with Gasteiger partial charge >= 0.3 is 5.97 Å². The fourth-order valence-electron chi connectivity index (χ4n) is 2.94. The van der Waals surface area contributed by atoms with E-state index in [-0.39, 0.29) is 22.5 Å². The van der Waals surface area contributed by atoms with Crippen LogP contribution >= 0.6 is 23.2 Å². The summed E-state index contributed by atoms with van der Waals surface area (Å²) in [6, 6.07) is 9.20. The molecule has 31 heavy (non-hydrogen) atoms. The van der Waals surface area contributed by atoms with E-state index in [9.17, 15) is 14.4 Å². The molecule has 0 aliphatic carbocycles. The number of ether oxygens (including phenoxy) is 2. The first-order chi connectivity index (χ1) is 14.6. The summed E-state index contributed by atoms with van der Waals surface area (Å²) in [4.78, 5) is 38.6. The average molecular weight is 463 g/mol. The van der Waals surface area contributed by atoms with Crippen molar-refractivity contribution >= 4 is 52.4 Å². The standard InChI is InChI=1S/C22H20Cl2N2O5/c1-11(2)31-22(29)13-5-7-14(8-6-13)26-20(27)18(24)19(21(26)28)25-16-9-12(3)15(23)10-17(16)30-4/h5-11,25H,1-4H3. The largest absolute Gasteiger partial charge is 0.495 e. The first-order valence-electron chi connectivity index (χ1n) is 9.34. The van der Waals surface area contributed by atoms with Crippen LogP contribution in [0.2, 0.25) is 5.02 Å². The minimum absolute atomic E-state index is 0.0880. The number of anilines is 2. The summed E-state index contributed by atoms with van der Waals surface area (Å²) >= 11 is 12.3. The van der Waals surface area contributed by atoms with Crippen molar-refractivity contribution in [2.75, 3.05) is 17.3 Å². The summed E-state index contributed by atoms with van der Waals surface area (Å²) in [6.45, 7) is 5.28. The van der Waals surface area contributed by atoms with Crippen molar-refractivity contribution in [3.05, 3.63) is 63.3 Å². The van der Waals surface area contributed by atoms with Gasteiger partial charge in [0.15, 0.2) is 0 Å². The smallest absolute Gasteiger partial charge is 0.338 e. The predicted octanol–water partition coefficient (Wildman–Crippen LogP) is 4.66. The topological polar surface area (TPSA) is 84.9 Å². The molecule has 0 unspecified atom stereocenters. The van der Waals surface area contributed by atoms with Crippen LogP contribution in [0.4, 0.5) is 11.4 Å². The zero-order chi connectivity index (χ0) is 22.9. The fraction of sp³-hybridized carbons (Fsp3) is 0.227. The van der Waals surface area contributed by atoms with E-state index in [1.165, 1.54) is 31.4 Å². The Hall–Kier alpha value is -3.03. The molecule has 2 amide bonds. The van der Waals surface area contributed by atoms with E-state index < -0.39 is 17.8 Å². The number of esters is 1. The molecule has 3 rings (SSSR count). The Balaban J connectivity index is 1.87. The summed E-state index contributed by atoms with van der Waals surface area (Å²) in [5.41, 5.74) is 1.67. The van der Waals surface area contributed by atoms with Crippen molar-refractivity contribution in [2.45, 2.75) is 26.9 Å². The van der Waals surface area contributed by atoms with Crippen molar-refractivity contribution in [2.24, 2.45) is 0 Å². The number of rotatable bonds is 6. The second kappa shape index (κ2) is 8.99. The summed E-state index contributed by atoms with van der Waals surface area (Å²) in [5, 5.41) is 3.12. The SMILES string of the molecule is COc1cc(Cl)c(C)cc1NC1=C(Cl)C(=O)N(c2ccc(C(=O)OC(C)C)cc2)C1=O. The number of benzene rings is 2. The Bertz CT molecular complexity index is 1090. The second-order valence-corrected chi connectivity index (χ2v) is 7.85. The predicted molar refractivity (Wildman–Crippen MR) is 119 cm³/mol. The Morgan fingerprint density at radius 3 is 2.29 bits per heavy atom. The molecule has 0 fully saturated rings. The van der Waals surface area contributed by atoms with Crippen LogP contribution in [0.15, 0.2) is 47.1 Å². The molecule has 0 spiro atoms. The monoisotopic (exact) mass is 462 g/mol. The Labute approximate surface area is 189 Å². The molecule has 0 bridgehead atoms. The van der Waals surface area contributed by atoms with Crippen LogP contribution in [0.5, 0.6) is 5.75 Å². The highest BCUT2D eigenvalue weighted by Crippen LogP contribution is 2.35. The van der Waals surface area contributed by atoms with Gasteiger partial charge in [-0.2, -0.15) is 0 Å². The molecule has 0 atom stereocenters. The van der Waals surface area contributed by atoms with Gasteiger partial charge in [0.05, 0.1) is 30.2 Å². The van der Waals surface area contributed by atoms with E-state index in [0.29, 0.717) is 22.0 Å². The maximum Gasteiger partial charge on any atom is 0.338 e. The number of methoxy groups -OCH3 is 1. The van der Waals surface area contributed by atoms with Crippen LogP contribution in [-0.4, -0.2) is 31.0 Å². The van der Waals surface area contributed by atoms with Crippen molar-refractivity contribution in [3.63, 3.8) is 0 Å². The number of nitrogens with zero attached hydrogens (tertiary/aromatic N) is 1. The van der Waals surface area contributed by atoms with Crippen LogP contribution in [-0.2, 0) is 14.3 Å². The van der Waals surface area contributed by atoms with Crippen LogP contribution in [0.3, 0.4) is 0 Å². The highest BCUT2D eigenvalue weighted by atomic mass is 35.5. The van der Waals surface area contributed by atoms with Gasteiger partial charge in [-0.1, -0.05) is 23.2 Å². The molecule has 162 valence electrons. The number of hydrogen-bond acceptors (Lipinski definition) is 6. The molecule has 0 aromatic heterocycles. The summed E-state index contributed by atoms with van der Waals surface area (Å²) in [6.07, 6.45) is -0.265. The van der Waals surface area contributed by atoms with E-state index in [0.717, 1.165) is 10.5 Å². The molecular weight excluding hydrogens is 443 g/mol. The number of halogens is 2. The maximum absolute atomic E-state index is 13.0. The lowest BCUT2D eigenvalue weighted by molar-refractivity contribution is -0.120. The third-order valence-electron chi connectivity index (χ3n) is 4.47. The van der Waals surface area contributed by atoms with Gasteiger partial charge in [-0.15, -0.1) is 0 Å². The number of nitrogens with one attached hydrogen (secondary N) is 1. The van der Waals surface area contributed by atoms with Gasteiger partial charge in [0, 0.05) is 11.1 Å². The van der Waals surface area contributed by atoms with Crippen LogP contribution in [0.1, 0.15) is 29.8 Å². The minimum Gasteiger partial charge on any atom is -0.495 e. The van der Waals surface area contributed by atoms with Gasteiger partial charge in [0.25, 0.3) is 11.8 Å². The van der Waals surface area contributed by atoms with Crippen LogP contribution in [0, 0.1) is 6.92 Å². The molecule has 0 saturated carbocycles. The van der Waals surface area contributed by atoms with E-state index in [4.69, 9.17) is 32.7 Å². The molecule has 2 aromatic rings. The molecule has 1 heterocycles. The number of imide groups is 1. The van der Waals surface area contributed by atoms with Crippen LogP contribution in [0.25, 0.3) is 0 Å². The van der Waals surface area contributed by atoms with Gasteiger partial charge in [0.1, 0.15) is 16.5 Å². The van der Waals surface area contributed by atoms with Crippen molar-refractivity contribution < 1.29 is 23.9 Å². The third kappa shape index (κ3) is 4.52. The quantitative estimate of drug-likeness (QED) is 0.496. The van der Waals surface area contributed by atoms with Gasteiger partial charge in [-0.3, -0.25) is 9.59 Å². The van der Waals surface area contributed by atoms with Crippen molar-refractivity contribution in [1.82, 2.24) is 0 Å². The second-order valence-electron chi connectivity index (χ2n) is 7.06. The zero-order valence-corrected chi connectivity index (χ0v) is 18.8. The normalized spacial score (nSPS) is 13.8. The lowest BCUT2D eigenvalue weighted by Crippen LogP contribution is -2.32. The molecule has 9 heteroatoms. The summed E-state index contributed by atoms with van der Waals surface area (Å²) < 4.78 is 10.4. The summed E-state index contributed by atoms with van der Waals surface area (Å²) in [7, 11) is 1.46. The van der Waals surface area contributed by atoms with E-state index in [2.05, 4.69) is 5.32 Å². The van der Waals surface area contributed by atoms with Crippen molar-refractivity contribution in [3.8, 4) is 5.75 Å². The Morgan fingerprint density at radius 1 is 1.06 bits per heavy atom. The molecular formula is C22H20Cl2N2O5. The Morgan fingerprint density at radius 2 is 1.71 bits per heavy atom. The van der Waals surface area contributed by atoms with Gasteiger partial charge in [-0.05, 0) is 56.7 Å². The number of hydrogen-bond donors (Lipinski definition) is 1. The van der Waals surface area contributed by atoms with E-state index in [1.54, 1.807) is 32.9 Å². The number of aryl methyl sites for hydroxylation is 1. The van der Waals surface area contributed by atoms with Gasteiger partial charge in [0.2, 0.25) is 0 Å². The van der Waals surface area contributed by atoms with E-state index in [1.807, 2.05) is 0 Å². The first kappa shape index (κ1) is 22.7. The number of amides is 2. The molecule has 2 aromatic carbocycles. The van der Waals surface area contributed by atoms with Crippen LogP contribution < -0.4 is 15.0 Å². The number of carbonyl (C=O) groups is 3.